The fourth-order valence-electron chi connectivity index (χ4n) is 1.78. The van der Waals surface area contributed by atoms with Gasteiger partial charge in [0.25, 0.3) is 0 Å². The minimum absolute atomic E-state index is 0.0704. The minimum Gasteiger partial charge on any atom is -0.390 e. The molecule has 0 aliphatic heterocycles. The number of aliphatic hydroxyl groups is 2. The lowest BCUT2D eigenvalue weighted by molar-refractivity contribution is 0.00670. The zero-order valence-electron chi connectivity index (χ0n) is 8.74. The molecule has 2 N–H and O–H groups in total. The molecule has 0 amide bonds. The van der Waals surface area contributed by atoms with Gasteiger partial charge in [0.1, 0.15) is 5.82 Å². The van der Waals surface area contributed by atoms with Crippen molar-refractivity contribution in [3.8, 4) is 0 Å². The Morgan fingerprint density at radius 2 is 2.06 bits per heavy atom. The van der Waals surface area contributed by atoms with Crippen LogP contribution in [0.15, 0.2) is 18.2 Å². The van der Waals surface area contributed by atoms with Crippen LogP contribution in [0.5, 0.6) is 0 Å². The second-order valence-electron chi connectivity index (χ2n) is 4.35. The molecule has 0 spiro atoms. The highest BCUT2D eigenvalue weighted by Crippen LogP contribution is 2.34. The van der Waals surface area contributed by atoms with E-state index in [4.69, 9.17) is 11.6 Å². The van der Waals surface area contributed by atoms with Crippen molar-refractivity contribution < 1.29 is 14.6 Å². The van der Waals surface area contributed by atoms with Gasteiger partial charge < -0.3 is 10.2 Å². The maximum atomic E-state index is 13.1. The lowest BCUT2D eigenvalue weighted by Crippen LogP contribution is -2.29. The standard InChI is InChI=1S/C12H14ClFO2/c13-9-4-1-7(5-10(9)14)6-11(15)12(16)8-2-3-8/h1,4-5,8,11-12,15-16H,2-3,6H2. The summed E-state index contributed by atoms with van der Waals surface area (Å²) in [6, 6.07) is 4.42. The van der Waals surface area contributed by atoms with Crippen LogP contribution in [0.4, 0.5) is 4.39 Å². The molecule has 2 nitrogen and oxygen atoms in total. The van der Waals surface area contributed by atoms with Crippen molar-refractivity contribution >= 4 is 11.6 Å². The van der Waals surface area contributed by atoms with E-state index in [9.17, 15) is 14.6 Å². The van der Waals surface area contributed by atoms with Gasteiger partial charge in [-0.3, -0.25) is 0 Å². The summed E-state index contributed by atoms with van der Waals surface area (Å²) in [6.45, 7) is 0. The largest absolute Gasteiger partial charge is 0.390 e. The molecule has 0 radical (unpaired) electrons. The molecule has 1 aromatic rings. The third-order valence-electron chi connectivity index (χ3n) is 2.93. The Kier molecular flexibility index (Phi) is 3.47. The van der Waals surface area contributed by atoms with E-state index in [1.165, 1.54) is 12.1 Å². The van der Waals surface area contributed by atoms with E-state index < -0.39 is 18.0 Å². The van der Waals surface area contributed by atoms with E-state index >= 15 is 0 Å². The first-order valence-corrected chi connectivity index (χ1v) is 5.76. The maximum absolute atomic E-state index is 13.1. The summed E-state index contributed by atoms with van der Waals surface area (Å²) in [5.41, 5.74) is 0.647. The van der Waals surface area contributed by atoms with Crippen LogP contribution in [0.1, 0.15) is 18.4 Å². The van der Waals surface area contributed by atoms with Gasteiger partial charge in [-0.05, 0) is 36.5 Å². The SMILES string of the molecule is OC(Cc1ccc(Cl)c(F)c1)C(O)C1CC1. The molecule has 1 aliphatic carbocycles. The van der Waals surface area contributed by atoms with Crippen molar-refractivity contribution in [1.82, 2.24) is 0 Å². The Bertz CT molecular complexity index is 379. The van der Waals surface area contributed by atoms with Crippen LogP contribution in [-0.2, 0) is 6.42 Å². The molecule has 88 valence electrons. The first kappa shape index (κ1) is 11.8. The summed E-state index contributed by atoms with van der Waals surface area (Å²) < 4.78 is 13.1. The van der Waals surface area contributed by atoms with Crippen LogP contribution in [0.3, 0.4) is 0 Å². The molecule has 1 saturated carbocycles. The second-order valence-corrected chi connectivity index (χ2v) is 4.76. The Hall–Kier alpha value is -0.640. The van der Waals surface area contributed by atoms with Crippen LogP contribution in [-0.4, -0.2) is 22.4 Å². The van der Waals surface area contributed by atoms with Crippen molar-refractivity contribution in [3.63, 3.8) is 0 Å². The molecule has 1 aromatic carbocycles. The molecule has 16 heavy (non-hydrogen) atoms. The van der Waals surface area contributed by atoms with Crippen LogP contribution in [0, 0.1) is 11.7 Å². The quantitative estimate of drug-likeness (QED) is 0.852. The summed E-state index contributed by atoms with van der Waals surface area (Å²) in [6.07, 6.45) is 0.665. The Morgan fingerprint density at radius 3 is 2.62 bits per heavy atom. The van der Waals surface area contributed by atoms with Crippen LogP contribution in [0.2, 0.25) is 5.02 Å². The van der Waals surface area contributed by atoms with Gasteiger partial charge in [0, 0.05) is 6.42 Å². The second kappa shape index (κ2) is 4.70. The smallest absolute Gasteiger partial charge is 0.142 e. The third kappa shape index (κ3) is 2.73. The fraction of sp³-hybridized carbons (Fsp3) is 0.500. The highest BCUT2D eigenvalue weighted by molar-refractivity contribution is 6.30. The molecule has 2 rings (SSSR count). The molecule has 2 atom stereocenters. The molecular formula is C12H14ClFO2. The average Bonchev–Trinajstić information content (AvgIpc) is 3.06. The molecule has 4 heteroatoms. The summed E-state index contributed by atoms with van der Waals surface area (Å²) in [7, 11) is 0. The van der Waals surface area contributed by atoms with E-state index in [1.54, 1.807) is 6.07 Å². The van der Waals surface area contributed by atoms with Crippen molar-refractivity contribution in [2.75, 3.05) is 0 Å². The van der Waals surface area contributed by atoms with Crippen molar-refractivity contribution in [3.05, 3.63) is 34.6 Å². The topological polar surface area (TPSA) is 40.5 Å². The number of aliphatic hydroxyl groups excluding tert-OH is 2. The van der Waals surface area contributed by atoms with E-state index in [1.807, 2.05) is 0 Å². The van der Waals surface area contributed by atoms with Crippen LogP contribution in [0.25, 0.3) is 0 Å². The number of hydrogen-bond acceptors (Lipinski definition) is 2. The van der Waals surface area contributed by atoms with Gasteiger partial charge >= 0.3 is 0 Å². The maximum Gasteiger partial charge on any atom is 0.142 e. The van der Waals surface area contributed by atoms with Gasteiger partial charge in [0.2, 0.25) is 0 Å². The lowest BCUT2D eigenvalue weighted by atomic mass is 10.0. The van der Waals surface area contributed by atoms with E-state index in [0.717, 1.165) is 12.8 Å². The number of benzene rings is 1. The van der Waals surface area contributed by atoms with Gasteiger partial charge in [-0.1, -0.05) is 17.7 Å². The molecule has 2 unspecified atom stereocenters. The van der Waals surface area contributed by atoms with E-state index in [2.05, 4.69) is 0 Å². The van der Waals surface area contributed by atoms with Gasteiger partial charge in [-0.2, -0.15) is 0 Å². The van der Waals surface area contributed by atoms with Gasteiger partial charge in [0.05, 0.1) is 17.2 Å². The molecule has 0 heterocycles. The molecule has 0 bridgehead atoms. The summed E-state index contributed by atoms with van der Waals surface area (Å²) >= 11 is 5.55. The number of halogens is 2. The molecule has 1 aliphatic rings. The lowest BCUT2D eigenvalue weighted by Gasteiger charge is -2.17. The predicted molar refractivity (Wildman–Crippen MR) is 59.9 cm³/mol. The average molecular weight is 245 g/mol. The first-order valence-electron chi connectivity index (χ1n) is 5.38. The predicted octanol–water partition coefficient (Wildman–Crippen LogP) is 2.15. The highest BCUT2D eigenvalue weighted by Gasteiger charge is 2.34. The minimum atomic E-state index is -0.826. The fourth-order valence-corrected chi connectivity index (χ4v) is 1.90. The monoisotopic (exact) mass is 244 g/mol. The summed E-state index contributed by atoms with van der Waals surface area (Å²) in [5, 5.41) is 19.5. The van der Waals surface area contributed by atoms with Gasteiger partial charge in [-0.15, -0.1) is 0 Å². The molecule has 0 aromatic heterocycles. The van der Waals surface area contributed by atoms with Gasteiger partial charge in [-0.25, -0.2) is 4.39 Å². The van der Waals surface area contributed by atoms with E-state index in [0.29, 0.717) is 5.56 Å². The number of hydrogen-bond donors (Lipinski definition) is 2. The van der Waals surface area contributed by atoms with Crippen LogP contribution < -0.4 is 0 Å². The van der Waals surface area contributed by atoms with Crippen molar-refractivity contribution in [1.29, 1.82) is 0 Å². The number of rotatable bonds is 4. The Balaban J connectivity index is 1.99. The first-order chi connectivity index (χ1) is 7.58. The Labute approximate surface area is 98.7 Å². The van der Waals surface area contributed by atoms with Crippen molar-refractivity contribution in [2.24, 2.45) is 5.92 Å². The van der Waals surface area contributed by atoms with Crippen LogP contribution >= 0.6 is 11.6 Å². The van der Waals surface area contributed by atoms with Gasteiger partial charge in [0.15, 0.2) is 0 Å². The molecule has 1 fully saturated rings. The summed E-state index contributed by atoms with van der Waals surface area (Å²) in [4.78, 5) is 0. The third-order valence-corrected chi connectivity index (χ3v) is 3.23. The molecule has 0 saturated heterocycles. The highest BCUT2D eigenvalue weighted by atomic mass is 35.5. The zero-order valence-corrected chi connectivity index (χ0v) is 9.49. The molecular weight excluding hydrogens is 231 g/mol. The normalized spacial score (nSPS) is 19.5. The zero-order chi connectivity index (χ0) is 11.7. The summed E-state index contributed by atoms with van der Waals surface area (Å²) in [5.74, 6) is -0.278. The Morgan fingerprint density at radius 1 is 1.38 bits per heavy atom. The van der Waals surface area contributed by atoms with E-state index in [-0.39, 0.29) is 17.4 Å². The van der Waals surface area contributed by atoms with Crippen molar-refractivity contribution in [2.45, 2.75) is 31.5 Å².